The Morgan fingerprint density at radius 2 is 2.14 bits per heavy atom. The molecule has 2 aromatic heterocycles. The molecule has 22 heavy (non-hydrogen) atoms. The SMILES string of the molecule is O=c1cc(Cn2cc(CCCO)nn2)c2ccc(O)cc2o1. The number of aryl methyl sites for hydroxylation is 1. The molecule has 114 valence electrons. The smallest absolute Gasteiger partial charge is 0.336 e. The summed E-state index contributed by atoms with van der Waals surface area (Å²) in [7, 11) is 0. The molecule has 1 aromatic carbocycles. The van der Waals surface area contributed by atoms with Crippen LogP contribution in [0, 0.1) is 0 Å². The van der Waals surface area contributed by atoms with E-state index in [1.807, 2.05) is 0 Å². The summed E-state index contributed by atoms with van der Waals surface area (Å²) in [6.07, 6.45) is 3.08. The molecular weight excluding hydrogens is 286 g/mol. The average Bonchev–Trinajstić information content (AvgIpc) is 2.92. The van der Waals surface area contributed by atoms with Crippen LogP contribution in [0.3, 0.4) is 0 Å². The minimum Gasteiger partial charge on any atom is -0.508 e. The van der Waals surface area contributed by atoms with Crippen molar-refractivity contribution >= 4 is 11.0 Å². The van der Waals surface area contributed by atoms with Gasteiger partial charge in [-0.1, -0.05) is 5.21 Å². The van der Waals surface area contributed by atoms with Gasteiger partial charge in [0.15, 0.2) is 0 Å². The normalized spacial score (nSPS) is 11.1. The highest BCUT2D eigenvalue weighted by Crippen LogP contribution is 2.22. The summed E-state index contributed by atoms with van der Waals surface area (Å²) < 4.78 is 6.72. The van der Waals surface area contributed by atoms with Crippen molar-refractivity contribution in [1.29, 1.82) is 0 Å². The number of hydrogen-bond donors (Lipinski definition) is 2. The Morgan fingerprint density at radius 1 is 1.27 bits per heavy atom. The van der Waals surface area contributed by atoms with Gasteiger partial charge < -0.3 is 14.6 Å². The van der Waals surface area contributed by atoms with Gasteiger partial charge in [0.2, 0.25) is 0 Å². The summed E-state index contributed by atoms with van der Waals surface area (Å²) in [5.41, 5.74) is 1.39. The summed E-state index contributed by atoms with van der Waals surface area (Å²) in [5, 5.41) is 27.1. The van der Waals surface area contributed by atoms with Crippen LogP contribution in [0.1, 0.15) is 17.7 Å². The van der Waals surface area contributed by atoms with Gasteiger partial charge in [-0.2, -0.15) is 0 Å². The lowest BCUT2D eigenvalue weighted by Gasteiger charge is -2.05. The van der Waals surface area contributed by atoms with Crippen molar-refractivity contribution in [2.75, 3.05) is 6.61 Å². The number of hydrogen-bond acceptors (Lipinski definition) is 6. The third-order valence-electron chi connectivity index (χ3n) is 3.32. The lowest BCUT2D eigenvalue weighted by molar-refractivity contribution is 0.288. The molecule has 7 heteroatoms. The van der Waals surface area contributed by atoms with E-state index in [1.165, 1.54) is 12.1 Å². The molecule has 0 spiro atoms. The predicted molar refractivity (Wildman–Crippen MR) is 78.7 cm³/mol. The molecule has 0 fully saturated rings. The van der Waals surface area contributed by atoms with Crippen molar-refractivity contribution in [3.8, 4) is 5.75 Å². The molecule has 0 amide bonds. The van der Waals surface area contributed by atoms with Gasteiger partial charge in [0, 0.05) is 30.3 Å². The number of rotatable bonds is 5. The number of aliphatic hydroxyl groups is 1. The van der Waals surface area contributed by atoms with Gasteiger partial charge in [0.05, 0.1) is 12.2 Å². The fraction of sp³-hybridized carbons (Fsp3) is 0.267. The van der Waals surface area contributed by atoms with Crippen molar-refractivity contribution in [2.24, 2.45) is 0 Å². The number of phenols is 1. The first-order chi connectivity index (χ1) is 10.7. The molecule has 0 aliphatic carbocycles. The van der Waals surface area contributed by atoms with Gasteiger partial charge in [0.1, 0.15) is 11.3 Å². The van der Waals surface area contributed by atoms with Crippen molar-refractivity contribution in [1.82, 2.24) is 15.0 Å². The topological polar surface area (TPSA) is 101 Å². The quantitative estimate of drug-likeness (QED) is 0.683. The zero-order valence-electron chi connectivity index (χ0n) is 11.8. The first-order valence-corrected chi connectivity index (χ1v) is 6.91. The number of aliphatic hydroxyl groups excluding tert-OH is 1. The van der Waals surface area contributed by atoms with Crippen LogP contribution in [-0.2, 0) is 13.0 Å². The zero-order valence-corrected chi connectivity index (χ0v) is 11.8. The van der Waals surface area contributed by atoms with E-state index >= 15 is 0 Å². The number of aromatic nitrogens is 3. The third kappa shape index (κ3) is 2.99. The second-order valence-electron chi connectivity index (χ2n) is 5.01. The Balaban J connectivity index is 1.93. The van der Waals surface area contributed by atoms with Crippen LogP contribution >= 0.6 is 0 Å². The summed E-state index contributed by atoms with van der Waals surface area (Å²) in [5.74, 6) is 0.0415. The Morgan fingerprint density at radius 3 is 2.95 bits per heavy atom. The van der Waals surface area contributed by atoms with Crippen LogP contribution in [0.2, 0.25) is 0 Å². The Hall–Kier alpha value is -2.67. The van der Waals surface area contributed by atoms with E-state index in [4.69, 9.17) is 9.52 Å². The maximum absolute atomic E-state index is 11.6. The standard InChI is InChI=1S/C15H15N3O4/c19-5-1-2-11-9-18(17-16-11)8-10-6-15(21)22-14-7-12(20)3-4-13(10)14/h3-4,6-7,9,19-20H,1-2,5,8H2. The first-order valence-electron chi connectivity index (χ1n) is 6.91. The van der Waals surface area contributed by atoms with Gasteiger partial charge in [0.25, 0.3) is 0 Å². The lowest BCUT2D eigenvalue weighted by Crippen LogP contribution is -2.06. The fourth-order valence-electron chi connectivity index (χ4n) is 2.31. The molecule has 0 bridgehead atoms. The van der Waals surface area contributed by atoms with Crippen LogP contribution in [0.15, 0.2) is 39.7 Å². The molecule has 0 radical (unpaired) electrons. The van der Waals surface area contributed by atoms with Crippen LogP contribution in [0.5, 0.6) is 5.75 Å². The highest BCUT2D eigenvalue weighted by molar-refractivity contribution is 5.81. The minimum atomic E-state index is -0.478. The molecule has 2 N–H and O–H groups in total. The Bertz CT molecular complexity index is 853. The second kappa shape index (κ2) is 5.98. The van der Waals surface area contributed by atoms with E-state index < -0.39 is 5.63 Å². The monoisotopic (exact) mass is 301 g/mol. The van der Waals surface area contributed by atoms with E-state index in [1.54, 1.807) is 23.0 Å². The molecule has 3 aromatic rings. The van der Waals surface area contributed by atoms with Gasteiger partial charge in [-0.15, -0.1) is 5.10 Å². The van der Waals surface area contributed by atoms with E-state index in [9.17, 15) is 9.90 Å². The van der Waals surface area contributed by atoms with Crippen molar-refractivity contribution < 1.29 is 14.6 Å². The van der Waals surface area contributed by atoms with Gasteiger partial charge in [-0.25, -0.2) is 9.48 Å². The van der Waals surface area contributed by atoms with Crippen molar-refractivity contribution in [3.63, 3.8) is 0 Å². The van der Waals surface area contributed by atoms with Crippen LogP contribution in [-0.4, -0.2) is 31.8 Å². The molecule has 0 aliphatic rings. The second-order valence-corrected chi connectivity index (χ2v) is 5.01. The average molecular weight is 301 g/mol. The molecule has 0 aliphatic heterocycles. The highest BCUT2D eigenvalue weighted by atomic mass is 16.4. The summed E-state index contributed by atoms with van der Waals surface area (Å²) in [4.78, 5) is 11.6. The maximum atomic E-state index is 11.6. The third-order valence-corrected chi connectivity index (χ3v) is 3.32. The number of benzene rings is 1. The molecular formula is C15H15N3O4. The fourth-order valence-corrected chi connectivity index (χ4v) is 2.31. The van der Waals surface area contributed by atoms with E-state index in [0.717, 1.165) is 16.6 Å². The van der Waals surface area contributed by atoms with E-state index in [0.29, 0.717) is 25.0 Å². The minimum absolute atomic E-state index is 0.0415. The molecule has 3 rings (SSSR count). The Kier molecular flexibility index (Phi) is 3.88. The molecule has 2 heterocycles. The zero-order chi connectivity index (χ0) is 15.5. The van der Waals surface area contributed by atoms with Gasteiger partial charge >= 0.3 is 5.63 Å². The van der Waals surface area contributed by atoms with E-state index in [-0.39, 0.29) is 12.4 Å². The number of phenolic OH excluding ortho intramolecular Hbond substituents is 1. The van der Waals surface area contributed by atoms with E-state index in [2.05, 4.69) is 10.3 Å². The van der Waals surface area contributed by atoms with Gasteiger partial charge in [-0.3, -0.25) is 0 Å². The summed E-state index contributed by atoms with van der Waals surface area (Å²) >= 11 is 0. The van der Waals surface area contributed by atoms with Crippen LogP contribution in [0.4, 0.5) is 0 Å². The summed E-state index contributed by atoms with van der Waals surface area (Å²) in [6, 6.07) is 6.06. The van der Waals surface area contributed by atoms with Crippen molar-refractivity contribution in [2.45, 2.75) is 19.4 Å². The molecule has 0 saturated heterocycles. The molecule has 0 saturated carbocycles. The molecule has 0 atom stereocenters. The highest BCUT2D eigenvalue weighted by Gasteiger charge is 2.08. The largest absolute Gasteiger partial charge is 0.508 e. The lowest BCUT2D eigenvalue weighted by atomic mass is 10.1. The van der Waals surface area contributed by atoms with Crippen LogP contribution in [0.25, 0.3) is 11.0 Å². The first kappa shape index (κ1) is 14.3. The predicted octanol–water partition coefficient (Wildman–Crippen LogP) is 1.06. The Labute approximate surface area is 125 Å². The maximum Gasteiger partial charge on any atom is 0.336 e. The van der Waals surface area contributed by atoms with Gasteiger partial charge in [-0.05, 0) is 30.5 Å². The van der Waals surface area contributed by atoms with Crippen LogP contribution < -0.4 is 5.63 Å². The number of nitrogens with zero attached hydrogens (tertiary/aromatic N) is 3. The summed E-state index contributed by atoms with van der Waals surface area (Å²) in [6.45, 7) is 0.486. The molecule has 7 nitrogen and oxygen atoms in total. The number of fused-ring (bicyclic) bond motifs is 1. The number of aromatic hydroxyl groups is 1. The molecule has 0 unspecified atom stereocenters. The van der Waals surface area contributed by atoms with Crippen molar-refractivity contribution in [3.05, 3.63) is 52.1 Å².